The molecule has 42 heavy (non-hydrogen) atoms. The molecule has 0 fully saturated rings. The van der Waals surface area contributed by atoms with Crippen molar-refractivity contribution in [3.63, 3.8) is 0 Å². The van der Waals surface area contributed by atoms with Crippen molar-refractivity contribution >= 4 is 66.7 Å². The van der Waals surface area contributed by atoms with Gasteiger partial charge in [0.15, 0.2) is 0 Å². The maximum atomic E-state index is 13.3. The molecular formula is C32H18F6S4. The smallest absolute Gasteiger partial charge is 0.166 e. The normalized spacial score (nSPS) is 16.1. The Morgan fingerprint density at radius 2 is 0.595 bits per heavy atom. The fourth-order valence-electron chi connectivity index (χ4n) is 4.32. The average Bonchev–Trinajstić information content (AvgIpc) is 3.63. The van der Waals surface area contributed by atoms with Crippen LogP contribution in [0.25, 0.3) is 19.6 Å². The standard InChI is InChI=1S/C32H18F6S4/c33-31(34,35)23-15-11-21(12-16-23)27-28(22-13-17-24(18-14-22)32(36,37)38)42-30(41-27)29-39-25(19-7-3-1-4-8-19)26(40-29)20-9-5-2-6-10-20/h1-18H. The monoisotopic (exact) mass is 644 g/mol. The van der Waals surface area contributed by atoms with Crippen LogP contribution in [0.15, 0.2) is 118 Å². The summed E-state index contributed by atoms with van der Waals surface area (Å²) >= 11 is 6.12. The molecule has 2 heterocycles. The summed E-state index contributed by atoms with van der Waals surface area (Å²) in [6, 6.07) is 29.8. The minimum atomic E-state index is -4.47. The minimum Gasteiger partial charge on any atom is -0.166 e. The predicted molar refractivity (Wildman–Crippen MR) is 167 cm³/mol. The molecule has 212 valence electrons. The molecule has 0 atom stereocenters. The van der Waals surface area contributed by atoms with Gasteiger partial charge in [-0.05, 0) is 46.5 Å². The highest BCUT2D eigenvalue weighted by Gasteiger charge is 2.34. The largest absolute Gasteiger partial charge is 0.416 e. The first kappa shape index (κ1) is 29.2. The molecule has 2 aliphatic heterocycles. The molecule has 0 saturated carbocycles. The van der Waals surface area contributed by atoms with Gasteiger partial charge < -0.3 is 0 Å². The molecule has 0 amide bonds. The van der Waals surface area contributed by atoms with Gasteiger partial charge in [0.25, 0.3) is 0 Å². The molecule has 0 nitrogen and oxygen atoms in total. The lowest BCUT2D eigenvalue weighted by Crippen LogP contribution is -2.04. The minimum absolute atomic E-state index is 0.568. The summed E-state index contributed by atoms with van der Waals surface area (Å²) < 4.78 is 81.5. The van der Waals surface area contributed by atoms with E-state index in [1.54, 1.807) is 23.5 Å². The van der Waals surface area contributed by atoms with Gasteiger partial charge in [0.2, 0.25) is 0 Å². The van der Waals surface area contributed by atoms with E-state index in [9.17, 15) is 26.3 Å². The molecule has 2 aliphatic rings. The summed E-state index contributed by atoms with van der Waals surface area (Å²) in [5, 5.41) is 0. The third kappa shape index (κ3) is 6.08. The third-order valence-electron chi connectivity index (χ3n) is 6.38. The van der Waals surface area contributed by atoms with E-state index in [4.69, 9.17) is 0 Å². The summed E-state index contributed by atoms with van der Waals surface area (Å²) in [7, 11) is 0. The summed E-state index contributed by atoms with van der Waals surface area (Å²) in [5.41, 5.74) is 1.75. The van der Waals surface area contributed by atoms with Crippen molar-refractivity contribution in [3.8, 4) is 0 Å². The zero-order chi connectivity index (χ0) is 29.5. The lowest BCUT2D eigenvalue weighted by molar-refractivity contribution is -0.138. The number of hydrogen-bond donors (Lipinski definition) is 0. The maximum Gasteiger partial charge on any atom is 0.416 e. The van der Waals surface area contributed by atoms with E-state index in [0.29, 0.717) is 20.9 Å². The lowest BCUT2D eigenvalue weighted by Gasteiger charge is -2.10. The van der Waals surface area contributed by atoms with E-state index in [0.717, 1.165) is 53.7 Å². The summed E-state index contributed by atoms with van der Waals surface area (Å²) in [4.78, 5) is 3.59. The van der Waals surface area contributed by atoms with Crippen LogP contribution in [0.2, 0.25) is 0 Å². The van der Waals surface area contributed by atoms with E-state index in [-0.39, 0.29) is 0 Å². The molecule has 0 unspecified atom stereocenters. The van der Waals surface area contributed by atoms with Crippen LogP contribution in [0, 0.1) is 0 Å². The van der Waals surface area contributed by atoms with Gasteiger partial charge in [-0.2, -0.15) is 26.3 Å². The van der Waals surface area contributed by atoms with E-state index in [1.807, 2.05) is 60.7 Å². The van der Waals surface area contributed by atoms with Crippen LogP contribution in [0.1, 0.15) is 33.4 Å². The van der Waals surface area contributed by atoms with Crippen LogP contribution in [-0.4, -0.2) is 0 Å². The van der Waals surface area contributed by atoms with Gasteiger partial charge >= 0.3 is 12.4 Å². The van der Waals surface area contributed by atoms with Crippen LogP contribution in [0.5, 0.6) is 0 Å². The topological polar surface area (TPSA) is 0 Å². The van der Waals surface area contributed by atoms with Crippen molar-refractivity contribution in [2.24, 2.45) is 0 Å². The Labute approximate surface area is 255 Å². The summed E-state index contributed by atoms with van der Waals surface area (Å²) in [6.07, 6.45) is -8.95. The second-order valence-electron chi connectivity index (χ2n) is 9.18. The quantitative estimate of drug-likeness (QED) is 0.203. The van der Waals surface area contributed by atoms with Gasteiger partial charge in [-0.15, -0.1) is 0 Å². The second kappa shape index (κ2) is 11.6. The Hall–Kier alpha value is -2.92. The Kier molecular flexibility index (Phi) is 8.08. The third-order valence-corrected chi connectivity index (χ3v) is 12.3. The van der Waals surface area contributed by atoms with Crippen LogP contribution < -0.4 is 0 Å². The van der Waals surface area contributed by atoms with Crippen molar-refractivity contribution in [1.29, 1.82) is 0 Å². The van der Waals surface area contributed by atoms with Crippen LogP contribution in [-0.2, 0) is 12.4 Å². The molecule has 10 heteroatoms. The number of benzene rings is 4. The summed E-state index contributed by atoms with van der Waals surface area (Å²) in [5.74, 6) is 0. The van der Waals surface area contributed by atoms with Gasteiger partial charge in [-0.3, -0.25) is 0 Å². The van der Waals surface area contributed by atoms with Gasteiger partial charge in [0.05, 0.1) is 19.6 Å². The van der Waals surface area contributed by atoms with Crippen LogP contribution in [0.4, 0.5) is 26.3 Å². The highest BCUT2D eigenvalue weighted by molar-refractivity contribution is 8.39. The van der Waals surface area contributed by atoms with Crippen LogP contribution >= 0.6 is 47.0 Å². The van der Waals surface area contributed by atoms with Crippen molar-refractivity contribution in [1.82, 2.24) is 0 Å². The molecule has 0 aliphatic carbocycles. The molecule has 0 spiro atoms. The number of thioether (sulfide) groups is 4. The zero-order valence-corrected chi connectivity index (χ0v) is 24.6. The molecule has 0 N–H and O–H groups in total. The molecule has 0 saturated heterocycles. The Balaban J connectivity index is 1.41. The predicted octanol–water partition coefficient (Wildman–Crippen LogP) is 12.2. The van der Waals surface area contributed by atoms with Crippen molar-refractivity contribution < 1.29 is 26.3 Å². The van der Waals surface area contributed by atoms with E-state index in [1.165, 1.54) is 47.8 Å². The molecule has 4 aromatic carbocycles. The van der Waals surface area contributed by atoms with Gasteiger partial charge in [-0.1, -0.05) is 132 Å². The Morgan fingerprint density at radius 3 is 0.857 bits per heavy atom. The Bertz CT molecular complexity index is 1580. The molecular weight excluding hydrogens is 627 g/mol. The first-order valence-corrected chi connectivity index (χ1v) is 15.7. The number of rotatable bonds is 4. The lowest BCUT2D eigenvalue weighted by atomic mass is 10.1. The number of halogens is 6. The molecule has 4 aromatic rings. The van der Waals surface area contributed by atoms with Crippen molar-refractivity contribution in [2.45, 2.75) is 12.4 Å². The van der Waals surface area contributed by atoms with Crippen LogP contribution in [0.3, 0.4) is 0 Å². The number of hydrogen-bond acceptors (Lipinski definition) is 4. The highest BCUT2D eigenvalue weighted by Crippen LogP contribution is 2.66. The average molecular weight is 645 g/mol. The van der Waals surface area contributed by atoms with Gasteiger partial charge in [0, 0.05) is 19.6 Å². The van der Waals surface area contributed by atoms with Crippen molar-refractivity contribution in [3.05, 3.63) is 151 Å². The van der Waals surface area contributed by atoms with E-state index < -0.39 is 23.5 Å². The van der Waals surface area contributed by atoms with Gasteiger partial charge in [0.1, 0.15) is 0 Å². The highest BCUT2D eigenvalue weighted by atomic mass is 32.2. The Morgan fingerprint density at radius 1 is 0.333 bits per heavy atom. The number of alkyl halides is 6. The second-order valence-corrected chi connectivity index (χ2v) is 13.8. The maximum absolute atomic E-state index is 13.3. The van der Waals surface area contributed by atoms with E-state index >= 15 is 0 Å². The SMILES string of the molecule is FC(F)(F)c1ccc(C2=C(c3ccc(C(F)(F)F)cc3)SC(=C3SC(c4ccccc4)=C(c4ccccc4)S3)S2)cc1. The molecule has 0 bridgehead atoms. The van der Waals surface area contributed by atoms with Gasteiger partial charge in [-0.25, -0.2) is 0 Å². The molecule has 0 aromatic heterocycles. The van der Waals surface area contributed by atoms with Crippen molar-refractivity contribution in [2.75, 3.05) is 0 Å². The fourth-order valence-corrected chi connectivity index (χ4v) is 10.1. The zero-order valence-electron chi connectivity index (χ0n) is 21.3. The molecule has 6 rings (SSSR count). The summed E-state index contributed by atoms with van der Waals surface area (Å²) in [6.45, 7) is 0. The molecule has 0 radical (unpaired) electrons. The fraction of sp³-hybridized carbons (Fsp3) is 0.0625. The first-order chi connectivity index (χ1) is 20.1. The first-order valence-electron chi connectivity index (χ1n) is 12.5. The van der Waals surface area contributed by atoms with E-state index in [2.05, 4.69) is 0 Å².